The van der Waals surface area contributed by atoms with E-state index in [0.29, 0.717) is 0 Å². The number of rotatable bonds is 8. The molecular weight excluding hydrogens is 473 g/mol. The first-order valence-electron chi connectivity index (χ1n) is 11.5. The summed E-state index contributed by atoms with van der Waals surface area (Å²) in [6.45, 7) is 3.00. The molecule has 1 heterocycles. The van der Waals surface area contributed by atoms with Crippen molar-refractivity contribution in [3.05, 3.63) is 82.7 Å². The number of halogens is 3. The largest absolute Gasteiger partial charge is 0.416 e. The van der Waals surface area contributed by atoms with E-state index >= 15 is 0 Å². The van der Waals surface area contributed by atoms with Crippen LogP contribution in [0, 0.1) is 13.8 Å². The van der Waals surface area contributed by atoms with Crippen LogP contribution >= 0.6 is 0 Å². The van der Waals surface area contributed by atoms with E-state index in [9.17, 15) is 27.6 Å². The van der Waals surface area contributed by atoms with Crippen molar-refractivity contribution in [3.63, 3.8) is 0 Å². The number of Topliss-reactive ketones (excluding diaryl/α,β-unsaturated/α-hetero) is 1. The van der Waals surface area contributed by atoms with Crippen LogP contribution in [0.3, 0.4) is 0 Å². The zero-order valence-electron chi connectivity index (χ0n) is 19.7. The summed E-state index contributed by atoms with van der Waals surface area (Å²) in [6.07, 6.45) is -2.62. The second-order valence-electron chi connectivity index (χ2n) is 8.83. The van der Waals surface area contributed by atoms with E-state index in [1.807, 2.05) is 30.3 Å². The first kappa shape index (κ1) is 25.2. The molecule has 0 bridgehead atoms. The molecule has 1 aromatic heterocycles. The molecule has 4 rings (SSSR count). The lowest BCUT2D eigenvalue weighted by Crippen LogP contribution is -2.50. The van der Waals surface area contributed by atoms with Gasteiger partial charge in [0.1, 0.15) is 6.04 Å². The fraction of sp³-hybridized carbons (Fsp3) is 0.308. The molecule has 1 unspecified atom stereocenters. The number of nitrogens with zero attached hydrogens (tertiary/aromatic N) is 2. The number of carbonyl (C=O) groups excluding carboxylic acids is 3. The Morgan fingerprint density at radius 2 is 1.75 bits per heavy atom. The summed E-state index contributed by atoms with van der Waals surface area (Å²) in [5.74, 6) is -2.28. The zero-order chi connectivity index (χ0) is 26.0. The number of hydrogen-bond acceptors (Lipinski definition) is 4. The Bertz CT molecular complexity index is 1300. The van der Waals surface area contributed by atoms with Crippen LogP contribution in [0.5, 0.6) is 0 Å². The third kappa shape index (κ3) is 5.64. The maximum atomic E-state index is 13.2. The highest BCUT2D eigenvalue weighted by Crippen LogP contribution is 2.31. The lowest BCUT2D eigenvalue weighted by Gasteiger charge is -2.18. The molecule has 0 radical (unpaired) electrons. The van der Waals surface area contributed by atoms with Crippen LogP contribution in [-0.2, 0) is 22.2 Å². The van der Waals surface area contributed by atoms with Crippen LogP contribution in [-0.4, -0.2) is 39.5 Å². The average Bonchev–Trinajstić information content (AvgIpc) is 3.60. The van der Waals surface area contributed by atoms with Crippen LogP contribution in [0.15, 0.2) is 54.6 Å². The number of carbonyl (C=O) groups is 3. The monoisotopic (exact) mass is 498 g/mol. The molecule has 3 aromatic rings. The van der Waals surface area contributed by atoms with E-state index in [1.54, 1.807) is 0 Å². The predicted molar refractivity (Wildman–Crippen MR) is 126 cm³/mol. The van der Waals surface area contributed by atoms with Gasteiger partial charge < -0.3 is 10.6 Å². The van der Waals surface area contributed by atoms with Crippen molar-refractivity contribution in [1.82, 2.24) is 20.4 Å². The van der Waals surface area contributed by atoms with E-state index in [4.69, 9.17) is 0 Å². The van der Waals surface area contributed by atoms with Gasteiger partial charge >= 0.3 is 6.18 Å². The molecule has 2 aromatic carbocycles. The Hall–Kier alpha value is -3.95. The van der Waals surface area contributed by atoms with Gasteiger partial charge in [-0.05, 0) is 50.5 Å². The number of nitrogens with one attached hydrogen (secondary N) is 2. The first-order valence-corrected chi connectivity index (χ1v) is 11.5. The molecule has 10 heteroatoms. The number of benzene rings is 2. The Morgan fingerprint density at radius 1 is 1.06 bits per heavy atom. The maximum absolute atomic E-state index is 13.2. The van der Waals surface area contributed by atoms with Gasteiger partial charge in [-0.3, -0.25) is 14.4 Å². The summed E-state index contributed by atoms with van der Waals surface area (Å²) < 4.78 is 40.7. The Labute approximate surface area is 205 Å². The number of ketones is 1. The van der Waals surface area contributed by atoms with Crippen molar-refractivity contribution in [1.29, 1.82) is 0 Å². The van der Waals surface area contributed by atoms with Crippen molar-refractivity contribution in [2.45, 2.75) is 51.4 Å². The van der Waals surface area contributed by atoms with Gasteiger partial charge in [0.2, 0.25) is 5.91 Å². The fourth-order valence-corrected chi connectivity index (χ4v) is 3.96. The fourth-order valence-electron chi connectivity index (χ4n) is 3.96. The third-order valence-corrected chi connectivity index (χ3v) is 5.97. The van der Waals surface area contributed by atoms with Crippen LogP contribution < -0.4 is 10.6 Å². The van der Waals surface area contributed by atoms with Crippen LogP contribution in [0.2, 0.25) is 0 Å². The van der Waals surface area contributed by atoms with Gasteiger partial charge in [0.25, 0.3) is 11.7 Å². The van der Waals surface area contributed by atoms with Crippen LogP contribution in [0.25, 0.3) is 5.69 Å². The molecule has 7 nitrogen and oxygen atoms in total. The second kappa shape index (κ2) is 9.96. The normalized spacial score (nSPS) is 14.2. The molecule has 0 spiro atoms. The second-order valence-corrected chi connectivity index (χ2v) is 8.83. The maximum Gasteiger partial charge on any atom is 0.416 e. The highest BCUT2D eigenvalue weighted by Gasteiger charge is 2.33. The van der Waals surface area contributed by atoms with E-state index in [2.05, 4.69) is 15.7 Å². The molecule has 1 atom stereocenters. The molecule has 1 aliphatic rings. The average molecular weight is 499 g/mol. The van der Waals surface area contributed by atoms with E-state index in [0.717, 1.165) is 30.5 Å². The minimum atomic E-state index is -4.54. The van der Waals surface area contributed by atoms with E-state index in [1.165, 1.54) is 30.7 Å². The molecule has 2 N–H and O–H groups in total. The van der Waals surface area contributed by atoms with Crippen molar-refractivity contribution < 1.29 is 27.6 Å². The highest BCUT2D eigenvalue weighted by molar-refractivity contribution is 6.43. The smallest absolute Gasteiger partial charge is 0.352 e. The molecule has 36 heavy (non-hydrogen) atoms. The van der Waals surface area contributed by atoms with Crippen molar-refractivity contribution >= 4 is 17.6 Å². The van der Waals surface area contributed by atoms with Gasteiger partial charge in [0, 0.05) is 12.5 Å². The number of hydrogen-bond donors (Lipinski definition) is 2. The molecule has 2 amide bonds. The van der Waals surface area contributed by atoms with E-state index < -0.39 is 29.5 Å². The standard InChI is InChI=1S/C26H25F3N4O3/c1-15-22(16(2)33(32-15)20-10-6-9-18(14-20)26(27,28)29)23(34)25(36)31-21(24(35)30-19-11-12-19)13-17-7-4-3-5-8-17/h3-10,14,19,21H,11-13H2,1-2H3,(H,30,35)(H,31,36). The number of aryl methyl sites for hydroxylation is 1. The highest BCUT2D eigenvalue weighted by atomic mass is 19.4. The van der Waals surface area contributed by atoms with Gasteiger partial charge in [-0.1, -0.05) is 36.4 Å². The topological polar surface area (TPSA) is 93.1 Å². The SMILES string of the molecule is Cc1nn(-c2cccc(C(F)(F)F)c2)c(C)c1C(=O)C(=O)NC(Cc1ccccc1)C(=O)NC1CC1. The summed E-state index contributed by atoms with van der Waals surface area (Å²) in [5, 5.41) is 9.60. The molecular formula is C26H25F3N4O3. The van der Waals surface area contributed by atoms with Gasteiger partial charge in [-0.25, -0.2) is 4.68 Å². The molecule has 0 saturated heterocycles. The number of amides is 2. The lowest BCUT2D eigenvalue weighted by molar-refractivity contribution is -0.137. The minimum Gasteiger partial charge on any atom is -0.352 e. The van der Waals surface area contributed by atoms with Gasteiger partial charge in [0.05, 0.1) is 28.2 Å². The molecule has 1 saturated carbocycles. The molecule has 1 fully saturated rings. The van der Waals surface area contributed by atoms with E-state index in [-0.39, 0.29) is 41.0 Å². The molecule has 0 aliphatic heterocycles. The number of aromatic nitrogens is 2. The van der Waals surface area contributed by atoms with Crippen LogP contribution in [0.4, 0.5) is 13.2 Å². The quantitative estimate of drug-likeness (QED) is 0.366. The van der Waals surface area contributed by atoms with Crippen molar-refractivity contribution in [2.24, 2.45) is 0 Å². The summed E-state index contributed by atoms with van der Waals surface area (Å²) in [4.78, 5) is 38.9. The Kier molecular flexibility index (Phi) is 6.96. The summed E-state index contributed by atoms with van der Waals surface area (Å²) in [6, 6.07) is 12.7. The molecule has 1 aliphatic carbocycles. The Balaban J connectivity index is 1.57. The number of alkyl halides is 3. The summed E-state index contributed by atoms with van der Waals surface area (Å²) in [7, 11) is 0. The van der Waals surface area contributed by atoms with Gasteiger partial charge in [0.15, 0.2) is 0 Å². The van der Waals surface area contributed by atoms with Crippen molar-refractivity contribution in [3.8, 4) is 5.69 Å². The molecule has 188 valence electrons. The minimum absolute atomic E-state index is 0.0222. The van der Waals surface area contributed by atoms with Crippen molar-refractivity contribution in [2.75, 3.05) is 0 Å². The summed E-state index contributed by atoms with van der Waals surface area (Å²) >= 11 is 0. The first-order chi connectivity index (χ1) is 17.0. The van der Waals surface area contributed by atoms with Gasteiger partial charge in [-0.2, -0.15) is 18.3 Å². The van der Waals surface area contributed by atoms with Crippen LogP contribution in [0.1, 0.15) is 45.7 Å². The zero-order valence-corrected chi connectivity index (χ0v) is 19.7. The Morgan fingerprint density at radius 3 is 2.39 bits per heavy atom. The summed E-state index contributed by atoms with van der Waals surface area (Å²) in [5.41, 5.74) is 0.442. The third-order valence-electron chi connectivity index (χ3n) is 5.97. The lowest BCUT2D eigenvalue weighted by atomic mass is 10.0. The van der Waals surface area contributed by atoms with Gasteiger partial charge in [-0.15, -0.1) is 0 Å². The predicted octanol–water partition coefficient (Wildman–Crippen LogP) is 3.70.